The Morgan fingerprint density at radius 1 is 1.29 bits per heavy atom. The van der Waals surface area contributed by atoms with Gasteiger partial charge < -0.3 is 5.11 Å². The Labute approximate surface area is 131 Å². The van der Waals surface area contributed by atoms with Crippen LogP contribution in [0.25, 0.3) is 0 Å². The molecule has 1 saturated heterocycles. The van der Waals surface area contributed by atoms with Crippen LogP contribution in [0.2, 0.25) is 5.02 Å². The number of aliphatic hydroxyl groups excluding tert-OH is 1. The van der Waals surface area contributed by atoms with E-state index in [-0.39, 0.29) is 28.6 Å². The fourth-order valence-corrected chi connectivity index (χ4v) is 4.66. The van der Waals surface area contributed by atoms with Crippen LogP contribution in [-0.4, -0.2) is 55.0 Å². The van der Waals surface area contributed by atoms with Gasteiger partial charge in [-0.3, -0.25) is 4.90 Å². The molecule has 1 fully saturated rings. The zero-order chi connectivity index (χ0) is 15.8. The highest BCUT2D eigenvalue weighted by atomic mass is 35.5. The van der Waals surface area contributed by atoms with Crippen molar-refractivity contribution in [3.63, 3.8) is 0 Å². The van der Waals surface area contributed by atoms with Gasteiger partial charge in [-0.25, -0.2) is 8.42 Å². The lowest BCUT2D eigenvalue weighted by molar-refractivity contribution is 0.105. The average molecular weight is 333 g/mol. The average Bonchev–Trinajstić information content (AvgIpc) is 2.44. The third-order valence-electron chi connectivity index (χ3n) is 4.12. The fourth-order valence-electron chi connectivity index (χ4n) is 2.54. The smallest absolute Gasteiger partial charge is 0.244 e. The Balaban J connectivity index is 2.38. The maximum absolute atomic E-state index is 12.8. The molecule has 2 unspecified atom stereocenters. The Hall–Kier alpha value is -0.660. The van der Waals surface area contributed by atoms with E-state index in [0.29, 0.717) is 18.7 Å². The topological polar surface area (TPSA) is 60.9 Å². The molecule has 118 valence electrons. The number of aliphatic hydroxyl groups is 1. The van der Waals surface area contributed by atoms with E-state index in [1.54, 1.807) is 6.07 Å². The number of piperazine rings is 1. The Morgan fingerprint density at radius 2 is 1.86 bits per heavy atom. The SMILES string of the molecule is CC1CN(S(=O)(=O)c2cc(CO)ccc2Cl)CC(C)N1C. The minimum absolute atomic E-state index is 0.0691. The summed E-state index contributed by atoms with van der Waals surface area (Å²) in [6.45, 7) is 4.66. The van der Waals surface area contributed by atoms with Crippen molar-refractivity contribution in [3.05, 3.63) is 28.8 Å². The maximum atomic E-state index is 12.8. The van der Waals surface area contributed by atoms with Crippen LogP contribution >= 0.6 is 11.6 Å². The van der Waals surface area contributed by atoms with Crippen LogP contribution in [0.4, 0.5) is 0 Å². The molecule has 0 saturated carbocycles. The molecule has 21 heavy (non-hydrogen) atoms. The lowest BCUT2D eigenvalue weighted by Gasteiger charge is -2.41. The second-order valence-corrected chi connectivity index (χ2v) is 7.92. The van der Waals surface area contributed by atoms with Gasteiger partial charge in [0.1, 0.15) is 4.90 Å². The van der Waals surface area contributed by atoms with Crippen LogP contribution in [0.1, 0.15) is 19.4 Å². The first-order valence-electron chi connectivity index (χ1n) is 6.88. The van der Waals surface area contributed by atoms with E-state index in [1.807, 2.05) is 20.9 Å². The first-order chi connectivity index (χ1) is 9.77. The van der Waals surface area contributed by atoms with E-state index in [4.69, 9.17) is 11.6 Å². The van der Waals surface area contributed by atoms with Gasteiger partial charge in [0, 0.05) is 25.2 Å². The van der Waals surface area contributed by atoms with E-state index in [0.717, 1.165) is 0 Å². The molecule has 0 aliphatic carbocycles. The van der Waals surface area contributed by atoms with Crippen molar-refractivity contribution >= 4 is 21.6 Å². The van der Waals surface area contributed by atoms with E-state index < -0.39 is 10.0 Å². The standard InChI is InChI=1S/C14H21ClN2O3S/c1-10-7-17(8-11(2)16(10)3)21(19,20)14-6-12(9-18)4-5-13(14)15/h4-6,10-11,18H,7-9H2,1-3H3. The van der Waals surface area contributed by atoms with Crippen molar-refractivity contribution in [1.29, 1.82) is 0 Å². The van der Waals surface area contributed by atoms with Gasteiger partial charge in [-0.15, -0.1) is 0 Å². The summed E-state index contributed by atoms with van der Waals surface area (Å²) in [5.41, 5.74) is 0.535. The number of benzene rings is 1. The summed E-state index contributed by atoms with van der Waals surface area (Å²) < 4.78 is 27.1. The van der Waals surface area contributed by atoms with Crippen molar-refractivity contribution in [2.75, 3.05) is 20.1 Å². The van der Waals surface area contributed by atoms with Gasteiger partial charge in [0.05, 0.1) is 11.6 Å². The minimum atomic E-state index is -3.65. The molecule has 0 radical (unpaired) electrons. The van der Waals surface area contributed by atoms with E-state index >= 15 is 0 Å². The number of hydrogen-bond acceptors (Lipinski definition) is 4. The van der Waals surface area contributed by atoms with Gasteiger partial charge in [0.2, 0.25) is 10.0 Å². The Bertz CT molecular complexity index is 609. The quantitative estimate of drug-likeness (QED) is 0.912. The molecular formula is C14H21ClN2O3S. The number of nitrogens with zero attached hydrogens (tertiary/aromatic N) is 2. The first kappa shape index (κ1) is 16.7. The molecule has 5 nitrogen and oxygen atoms in total. The van der Waals surface area contributed by atoms with Crippen molar-refractivity contribution in [2.24, 2.45) is 0 Å². The summed E-state index contributed by atoms with van der Waals surface area (Å²) in [5.74, 6) is 0. The molecule has 2 rings (SSSR count). The zero-order valence-corrected chi connectivity index (χ0v) is 14.0. The van der Waals surface area contributed by atoms with Gasteiger partial charge in [-0.05, 0) is 38.6 Å². The predicted molar refractivity (Wildman–Crippen MR) is 82.8 cm³/mol. The summed E-state index contributed by atoms with van der Waals surface area (Å²) >= 11 is 6.06. The van der Waals surface area contributed by atoms with Crippen LogP contribution < -0.4 is 0 Å². The third kappa shape index (κ3) is 3.24. The molecule has 1 aliphatic rings. The molecule has 1 aliphatic heterocycles. The number of likely N-dealkylation sites (N-methyl/N-ethyl adjacent to an activating group) is 1. The molecule has 0 bridgehead atoms. The zero-order valence-electron chi connectivity index (χ0n) is 12.5. The van der Waals surface area contributed by atoms with E-state index in [2.05, 4.69) is 4.90 Å². The Kier molecular flexibility index (Phi) is 4.95. The van der Waals surface area contributed by atoms with E-state index in [1.165, 1.54) is 16.4 Å². The second-order valence-electron chi connectivity index (χ2n) is 5.61. The van der Waals surface area contributed by atoms with Crippen molar-refractivity contribution in [1.82, 2.24) is 9.21 Å². The largest absolute Gasteiger partial charge is 0.392 e. The van der Waals surface area contributed by atoms with E-state index in [9.17, 15) is 13.5 Å². The number of rotatable bonds is 3. The maximum Gasteiger partial charge on any atom is 0.244 e. The molecule has 1 N–H and O–H groups in total. The van der Waals surface area contributed by atoms with Crippen LogP contribution in [0.5, 0.6) is 0 Å². The highest BCUT2D eigenvalue weighted by Gasteiger charge is 2.35. The molecule has 7 heteroatoms. The molecule has 0 aromatic heterocycles. The van der Waals surface area contributed by atoms with Crippen LogP contribution in [0.3, 0.4) is 0 Å². The van der Waals surface area contributed by atoms with Crippen LogP contribution in [0.15, 0.2) is 23.1 Å². The third-order valence-corrected chi connectivity index (χ3v) is 6.44. The molecule has 1 aromatic rings. The molecule has 1 aromatic carbocycles. The normalized spacial score (nSPS) is 25.2. The molecular weight excluding hydrogens is 312 g/mol. The van der Waals surface area contributed by atoms with Crippen LogP contribution in [-0.2, 0) is 16.6 Å². The van der Waals surface area contributed by atoms with Crippen molar-refractivity contribution in [2.45, 2.75) is 37.4 Å². The van der Waals surface area contributed by atoms with Gasteiger partial charge in [0.25, 0.3) is 0 Å². The van der Waals surface area contributed by atoms with Crippen molar-refractivity contribution < 1.29 is 13.5 Å². The van der Waals surface area contributed by atoms with Gasteiger partial charge in [-0.2, -0.15) is 4.31 Å². The minimum Gasteiger partial charge on any atom is -0.392 e. The van der Waals surface area contributed by atoms with Gasteiger partial charge in [0.15, 0.2) is 0 Å². The summed E-state index contributed by atoms with van der Waals surface area (Å²) in [7, 11) is -1.65. The summed E-state index contributed by atoms with van der Waals surface area (Å²) in [5, 5.41) is 9.38. The predicted octanol–water partition coefficient (Wildman–Crippen LogP) is 1.55. The van der Waals surface area contributed by atoms with Gasteiger partial charge >= 0.3 is 0 Å². The molecule has 0 spiro atoms. The van der Waals surface area contributed by atoms with Crippen molar-refractivity contribution in [3.8, 4) is 0 Å². The summed E-state index contributed by atoms with van der Waals surface area (Å²) in [4.78, 5) is 2.23. The molecule has 0 amide bonds. The van der Waals surface area contributed by atoms with Gasteiger partial charge in [-0.1, -0.05) is 17.7 Å². The second kappa shape index (κ2) is 6.22. The monoisotopic (exact) mass is 332 g/mol. The molecule has 1 heterocycles. The Morgan fingerprint density at radius 3 is 2.38 bits per heavy atom. The first-order valence-corrected chi connectivity index (χ1v) is 8.70. The lowest BCUT2D eigenvalue weighted by Crippen LogP contribution is -2.56. The van der Waals surface area contributed by atoms with Crippen LogP contribution in [0, 0.1) is 0 Å². The molecule has 2 atom stereocenters. The summed E-state index contributed by atoms with van der Waals surface area (Å²) in [6, 6.07) is 4.87. The lowest BCUT2D eigenvalue weighted by atomic mass is 10.1. The number of hydrogen-bond donors (Lipinski definition) is 1. The summed E-state index contributed by atoms with van der Waals surface area (Å²) in [6.07, 6.45) is 0. The highest BCUT2D eigenvalue weighted by molar-refractivity contribution is 7.89. The fraction of sp³-hybridized carbons (Fsp3) is 0.571. The number of sulfonamides is 1. The highest BCUT2D eigenvalue weighted by Crippen LogP contribution is 2.28. The number of halogens is 1.